The van der Waals surface area contributed by atoms with Gasteiger partial charge in [0.25, 0.3) is 5.69 Å². The molecule has 4 rings (SSSR count). The van der Waals surface area contributed by atoms with Crippen molar-refractivity contribution in [3.8, 4) is 17.1 Å². The minimum Gasteiger partial charge on any atom is -0.325 e. The molecule has 0 aliphatic rings. The molecule has 0 radical (unpaired) electrons. The molecule has 4 aromatic rings. The van der Waals surface area contributed by atoms with E-state index < -0.39 is 16.6 Å². The molecule has 1 aromatic heterocycles. The van der Waals surface area contributed by atoms with Gasteiger partial charge < -0.3 is 5.32 Å². The molecule has 1 amide bonds. The number of amides is 1. The fourth-order valence-electron chi connectivity index (χ4n) is 3.30. The van der Waals surface area contributed by atoms with Gasteiger partial charge in [0.1, 0.15) is 5.82 Å². The van der Waals surface area contributed by atoms with Gasteiger partial charge in [-0.2, -0.15) is 0 Å². The van der Waals surface area contributed by atoms with Gasteiger partial charge in [-0.05, 0) is 37.3 Å². The molecule has 172 valence electrons. The van der Waals surface area contributed by atoms with Crippen molar-refractivity contribution in [1.29, 1.82) is 0 Å². The summed E-state index contributed by atoms with van der Waals surface area (Å²) in [7, 11) is 0. The number of benzene rings is 3. The molecule has 0 aliphatic carbocycles. The molecule has 3 aromatic carbocycles. The molecule has 0 fully saturated rings. The Kier molecular flexibility index (Phi) is 6.90. The van der Waals surface area contributed by atoms with E-state index in [1.807, 2.05) is 0 Å². The first-order valence-corrected chi connectivity index (χ1v) is 11.3. The highest BCUT2D eigenvalue weighted by atomic mass is 35.5. The lowest BCUT2D eigenvalue weighted by atomic mass is 10.1. The molecule has 8 nitrogen and oxygen atoms in total. The Balaban J connectivity index is 1.63. The Morgan fingerprint density at radius 3 is 2.59 bits per heavy atom. The second kappa shape index (κ2) is 10.0. The highest BCUT2D eigenvalue weighted by molar-refractivity contribution is 7.99. The van der Waals surface area contributed by atoms with Gasteiger partial charge in [0.2, 0.25) is 5.91 Å². The maximum atomic E-state index is 14.7. The quantitative estimate of drug-likeness (QED) is 0.200. The summed E-state index contributed by atoms with van der Waals surface area (Å²) in [5.41, 5.74) is 1.37. The summed E-state index contributed by atoms with van der Waals surface area (Å²) in [6, 6.07) is 17.6. The Morgan fingerprint density at radius 1 is 1.12 bits per heavy atom. The van der Waals surface area contributed by atoms with Crippen LogP contribution in [0.3, 0.4) is 0 Å². The largest absolute Gasteiger partial charge is 0.325 e. The fourth-order valence-corrected chi connectivity index (χ4v) is 4.27. The highest BCUT2D eigenvalue weighted by Gasteiger charge is 2.21. The van der Waals surface area contributed by atoms with Crippen LogP contribution in [0.2, 0.25) is 5.02 Å². The van der Waals surface area contributed by atoms with Gasteiger partial charge in [0, 0.05) is 11.6 Å². The predicted molar refractivity (Wildman–Crippen MR) is 129 cm³/mol. The van der Waals surface area contributed by atoms with E-state index in [0.29, 0.717) is 27.7 Å². The molecule has 11 heteroatoms. The molecule has 1 heterocycles. The zero-order chi connectivity index (χ0) is 24.2. The zero-order valence-electron chi connectivity index (χ0n) is 17.7. The second-order valence-corrected chi connectivity index (χ2v) is 8.47. The van der Waals surface area contributed by atoms with Crippen molar-refractivity contribution in [3.05, 3.63) is 93.2 Å². The molecule has 0 saturated heterocycles. The third-order valence-corrected chi connectivity index (χ3v) is 6.21. The number of nitrogens with one attached hydrogen (secondary N) is 1. The smallest absolute Gasteiger partial charge is 0.274 e. The van der Waals surface area contributed by atoms with Gasteiger partial charge in [0.15, 0.2) is 11.0 Å². The third-order valence-electron chi connectivity index (χ3n) is 4.95. The summed E-state index contributed by atoms with van der Waals surface area (Å²) in [4.78, 5) is 23.2. The van der Waals surface area contributed by atoms with Crippen LogP contribution in [-0.2, 0) is 4.79 Å². The monoisotopic (exact) mass is 497 g/mol. The zero-order valence-corrected chi connectivity index (χ0v) is 19.3. The van der Waals surface area contributed by atoms with Crippen LogP contribution in [0, 0.1) is 22.9 Å². The van der Waals surface area contributed by atoms with Crippen LogP contribution in [-0.4, -0.2) is 31.3 Å². The number of nitro groups is 1. The van der Waals surface area contributed by atoms with E-state index in [9.17, 15) is 19.3 Å². The number of halogens is 2. The van der Waals surface area contributed by atoms with Crippen molar-refractivity contribution in [2.24, 2.45) is 0 Å². The van der Waals surface area contributed by atoms with Crippen LogP contribution < -0.4 is 5.32 Å². The van der Waals surface area contributed by atoms with Crippen LogP contribution in [0.4, 0.5) is 15.8 Å². The maximum Gasteiger partial charge on any atom is 0.274 e. The van der Waals surface area contributed by atoms with Gasteiger partial charge in [-0.25, -0.2) is 4.39 Å². The molecule has 0 bridgehead atoms. The summed E-state index contributed by atoms with van der Waals surface area (Å²) in [5, 5.41) is 22.9. The number of thioether (sulfide) groups is 1. The van der Waals surface area contributed by atoms with Crippen molar-refractivity contribution in [3.63, 3.8) is 0 Å². The first kappa shape index (κ1) is 23.4. The van der Waals surface area contributed by atoms with Crippen molar-refractivity contribution in [1.82, 2.24) is 14.8 Å². The topological polar surface area (TPSA) is 103 Å². The Morgan fingerprint density at radius 2 is 1.85 bits per heavy atom. The van der Waals surface area contributed by atoms with E-state index in [2.05, 4.69) is 15.5 Å². The van der Waals surface area contributed by atoms with Crippen LogP contribution in [0.1, 0.15) is 5.56 Å². The molecule has 1 N–H and O–H groups in total. The molecule has 0 atom stereocenters. The number of hydrogen-bond donors (Lipinski definition) is 1. The number of para-hydroxylation sites is 1. The van der Waals surface area contributed by atoms with E-state index in [-0.39, 0.29) is 22.3 Å². The molecular formula is C23H17ClFN5O3S. The van der Waals surface area contributed by atoms with Gasteiger partial charge >= 0.3 is 0 Å². The van der Waals surface area contributed by atoms with Crippen LogP contribution in [0.5, 0.6) is 0 Å². The third kappa shape index (κ3) is 4.78. The number of nitro benzene ring substituents is 1. The van der Waals surface area contributed by atoms with Gasteiger partial charge in [0.05, 0.1) is 32.6 Å². The minimum absolute atomic E-state index is 0.0861. The van der Waals surface area contributed by atoms with Gasteiger partial charge in [-0.1, -0.05) is 53.7 Å². The lowest BCUT2D eigenvalue weighted by molar-refractivity contribution is -0.385. The van der Waals surface area contributed by atoms with Gasteiger partial charge in [-0.3, -0.25) is 19.5 Å². The van der Waals surface area contributed by atoms with E-state index in [4.69, 9.17) is 11.6 Å². The molecule has 0 spiro atoms. The van der Waals surface area contributed by atoms with E-state index >= 15 is 0 Å². The van der Waals surface area contributed by atoms with Crippen molar-refractivity contribution < 1.29 is 14.1 Å². The summed E-state index contributed by atoms with van der Waals surface area (Å²) < 4.78 is 16.2. The number of hydrogen-bond acceptors (Lipinski definition) is 6. The molecule has 34 heavy (non-hydrogen) atoms. The lowest BCUT2D eigenvalue weighted by Crippen LogP contribution is -2.15. The predicted octanol–water partition coefficient (Wildman–Crippen LogP) is 5.67. The Bertz CT molecular complexity index is 1390. The number of aromatic nitrogens is 3. The van der Waals surface area contributed by atoms with Crippen molar-refractivity contribution in [2.75, 3.05) is 11.1 Å². The minimum atomic E-state index is -0.507. The molecule has 0 saturated carbocycles. The van der Waals surface area contributed by atoms with Crippen LogP contribution >= 0.6 is 23.4 Å². The number of carbonyl (C=O) groups is 1. The van der Waals surface area contributed by atoms with Gasteiger partial charge in [-0.15, -0.1) is 10.2 Å². The number of anilines is 1. The number of carbonyl (C=O) groups excluding carboxylic acids is 1. The number of nitrogens with zero attached hydrogens (tertiary/aromatic N) is 4. The fraction of sp³-hybridized carbons (Fsp3) is 0.0870. The molecule has 0 unspecified atom stereocenters. The highest BCUT2D eigenvalue weighted by Crippen LogP contribution is 2.33. The summed E-state index contributed by atoms with van der Waals surface area (Å²) in [6.45, 7) is 1.56. The summed E-state index contributed by atoms with van der Waals surface area (Å²) in [5.74, 6) is -0.657. The Hall–Kier alpha value is -3.76. The van der Waals surface area contributed by atoms with E-state index in [0.717, 1.165) is 11.8 Å². The van der Waals surface area contributed by atoms with Crippen molar-refractivity contribution >= 4 is 40.6 Å². The number of rotatable bonds is 7. The summed E-state index contributed by atoms with van der Waals surface area (Å²) in [6.07, 6.45) is 0. The summed E-state index contributed by atoms with van der Waals surface area (Å²) >= 11 is 7.39. The second-order valence-electron chi connectivity index (χ2n) is 7.12. The normalized spacial score (nSPS) is 10.8. The Labute approximate surface area is 202 Å². The average molecular weight is 498 g/mol. The average Bonchev–Trinajstić information content (AvgIpc) is 3.23. The first-order valence-electron chi connectivity index (χ1n) is 9.98. The van der Waals surface area contributed by atoms with Crippen LogP contribution in [0.25, 0.3) is 17.1 Å². The molecular weight excluding hydrogens is 481 g/mol. The van der Waals surface area contributed by atoms with E-state index in [1.54, 1.807) is 55.5 Å². The van der Waals surface area contributed by atoms with Crippen molar-refractivity contribution in [2.45, 2.75) is 12.1 Å². The standard InChI is InChI=1S/C23H17ClFN5O3S/c1-14-18(10-6-12-19(14)30(32)33)26-21(31)13-34-23-28-27-22(15-7-2-3-8-16(15)24)29(23)20-11-5-4-9-17(20)25/h2-12H,13H2,1H3,(H,26,31). The van der Waals surface area contributed by atoms with E-state index in [1.165, 1.54) is 22.8 Å². The maximum absolute atomic E-state index is 14.7. The lowest BCUT2D eigenvalue weighted by Gasteiger charge is -2.12. The molecule has 0 aliphatic heterocycles. The van der Waals surface area contributed by atoms with Crippen LogP contribution in [0.15, 0.2) is 71.9 Å². The first-order chi connectivity index (χ1) is 16.4. The SMILES string of the molecule is Cc1c(NC(=O)CSc2nnc(-c3ccccc3Cl)n2-c2ccccc2F)cccc1[N+](=O)[O-].